The van der Waals surface area contributed by atoms with Crippen LogP contribution in [0.15, 0.2) is 28.8 Å². The molecule has 6 nitrogen and oxygen atoms in total. The van der Waals surface area contributed by atoms with Gasteiger partial charge >= 0.3 is 0 Å². The van der Waals surface area contributed by atoms with Gasteiger partial charge in [-0.25, -0.2) is 12.8 Å². The monoisotopic (exact) mass is 368 g/mol. The smallest absolute Gasteiger partial charge is 0.240 e. The van der Waals surface area contributed by atoms with Gasteiger partial charge < -0.3 is 9.42 Å². The molecule has 0 aliphatic carbocycles. The molecule has 136 valence electrons. The average molecular weight is 368 g/mol. The lowest BCUT2D eigenvalue weighted by Crippen LogP contribution is -2.39. The molecule has 1 aromatic carbocycles. The van der Waals surface area contributed by atoms with Crippen LogP contribution in [0, 0.1) is 19.7 Å². The average Bonchev–Trinajstić information content (AvgIpc) is 2.85. The molecular formula is C17H21FN2O4S. The number of halogens is 1. The second-order valence-corrected chi connectivity index (χ2v) is 8.40. The SMILES string of the molecule is Cc1noc(C)c1CS(=O)(=O)C(C)C(=O)N(C)Cc1cccc(F)c1. The van der Waals surface area contributed by atoms with Crippen molar-refractivity contribution in [2.24, 2.45) is 0 Å². The first-order valence-corrected chi connectivity index (χ1v) is 9.46. The van der Waals surface area contributed by atoms with E-state index in [9.17, 15) is 17.6 Å². The zero-order chi connectivity index (χ0) is 18.8. The maximum Gasteiger partial charge on any atom is 0.240 e. The third-order valence-electron chi connectivity index (χ3n) is 4.10. The van der Waals surface area contributed by atoms with Crippen LogP contribution in [0.25, 0.3) is 0 Å². The molecule has 1 atom stereocenters. The number of carbonyl (C=O) groups is 1. The second kappa shape index (κ2) is 7.35. The first-order chi connectivity index (χ1) is 11.6. The molecule has 0 radical (unpaired) electrons. The highest BCUT2D eigenvalue weighted by Gasteiger charge is 2.32. The molecule has 1 unspecified atom stereocenters. The standard InChI is InChI=1S/C17H21FN2O4S/c1-11-16(12(2)24-19-11)10-25(22,23)13(3)17(21)20(4)9-14-6-5-7-15(18)8-14/h5-8,13H,9-10H2,1-4H3. The number of rotatable bonds is 6. The number of carbonyl (C=O) groups excluding carboxylic acids is 1. The van der Waals surface area contributed by atoms with E-state index in [1.165, 1.54) is 31.0 Å². The lowest BCUT2D eigenvalue weighted by molar-refractivity contribution is -0.129. The first-order valence-electron chi connectivity index (χ1n) is 7.74. The highest BCUT2D eigenvalue weighted by molar-refractivity contribution is 7.92. The maximum absolute atomic E-state index is 13.2. The van der Waals surface area contributed by atoms with E-state index in [1.807, 2.05) is 0 Å². The number of sulfone groups is 1. The number of hydrogen-bond donors (Lipinski definition) is 0. The number of nitrogens with zero attached hydrogens (tertiary/aromatic N) is 2. The van der Waals surface area contributed by atoms with Gasteiger partial charge in [0.25, 0.3) is 0 Å². The van der Waals surface area contributed by atoms with Crippen LogP contribution >= 0.6 is 0 Å². The van der Waals surface area contributed by atoms with Crippen molar-refractivity contribution in [1.82, 2.24) is 10.1 Å². The summed E-state index contributed by atoms with van der Waals surface area (Å²) in [7, 11) is -2.24. The van der Waals surface area contributed by atoms with E-state index < -0.39 is 26.8 Å². The Morgan fingerprint density at radius 2 is 2.04 bits per heavy atom. The van der Waals surface area contributed by atoms with Gasteiger partial charge in [0.2, 0.25) is 5.91 Å². The van der Waals surface area contributed by atoms with Crippen molar-refractivity contribution in [2.45, 2.75) is 38.3 Å². The molecule has 0 N–H and O–H groups in total. The van der Waals surface area contributed by atoms with Crippen molar-refractivity contribution in [3.8, 4) is 0 Å². The van der Waals surface area contributed by atoms with Crippen LogP contribution in [0.2, 0.25) is 0 Å². The van der Waals surface area contributed by atoms with E-state index in [1.54, 1.807) is 26.0 Å². The minimum atomic E-state index is -3.74. The van der Waals surface area contributed by atoms with Crippen molar-refractivity contribution in [2.75, 3.05) is 7.05 Å². The van der Waals surface area contributed by atoms with E-state index in [0.717, 1.165) is 0 Å². The number of benzene rings is 1. The number of aromatic nitrogens is 1. The van der Waals surface area contributed by atoms with Crippen LogP contribution in [-0.2, 0) is 26.9 Å². The molecule has 8 heteroatoms. The number of hydrogen-bond acceptors (Lipinski definition) is 5. The van der Waals surface area contributed by atoms with Gasteiger partial charge in [0.15, 0.2) is 9.84 Å². The van der Waals surface area contributed by atoms with Crippen LogP contribution in [0.4, 0.5) is 4.39 Å². The Kier molecular flexibility index (Phi) is 5.62. The number of amides is 1. The molecule has 25 heavy (non-hydrogen) atoms. The molecule has 0 fully saturated rings. The van der Waals surface area contributed by atoms with Gasteiger partial charge in [0.1, 0.15) is 16.8 Å². The summed E-state index contributed by atoms with van der Waals surface area (Å²) in [5.74, 6) is -0.836. The van der Waals surface area contributed by atoms with Gasteiger partial charge in [-0.3, -0.25) is 4.79 Å². The predicted molar refractivity (Wildman–Crippen MR) is 90.9 cm³/mol. The lowest BCUT2D eigenvalue weighted by atomic mass is 10.2. The molecule has 2 rings (SSSR count). The molecule has 0 bridgehead atoms. The van der Waals surface area contributed by atoms with Gasteiger partial charge in [0, 0.05) is 19.2 Å². The Labute approximate surface area is 146 Å². The Balaban J connectivity index is 2.12. The molecular weight excluding hydrogens is 347 g/mol. The molecule has 2 aromatic rings. The molecule has 1 aromatic heterocycles. The highest BCUT2D eigenvalue weighted by atomic mass is 32.2. The molecule has 1 amide bonds. The fourth-order valence-electron chi connectivity index (χ4n) is 2.49. The van der Waals surface area contributed by atoms with Crippen molar-refractivity contribution in [3.63, 3.8) is 0 Å². The van der Waals surface area contributed by atoms with E-state index in [2.05, 4.69) is 5.16 Å². The fraction of sp³-hybridized carbons (Fsp3) is 0.412. The Hall–Kier alpha value is -2.22. The first kappa shape index (κ1) is 19.1. The lowest BCUT2D eigenvalue weighted by Gasteiger charge is -2.21. The van der Waals surface area contributed by atoms with Crippen molar-refractivity contribution < 1.29 is 22.1 Å². The fourth-order valence-corrected chi connectivity index (χ4v) is 4.04. The third-order valence-corrected chi connectivity index (χ3v) is 6.07. The zero-order valence-electron chi connectivity index (χ0n) is 14.6. The summed E-state index contributed by atoms with van der Waals surface area (Å²) < 4.78 is 43.4. The summed E-state index contributed by atoms with van der Waals surface area (Å²) in [6.45, 7) is 4.77. The van der Waals surface area contributed by atoms with E-state index in [-0.39, 0.29) is 12.3 Å². The molecule has 0 saturated heterocycles. The summed E-state index contributed by atoms with van der Waals surface area (Å²) in [4.78, 5) is 13.8. The summed E-state index contributed by atoms with van der Waals surface area (Å²) in [6, 6.07) is 5.84. The molecule has 0 spiro atoms. The topological polar surface area (TPSA) is 80.5 Å². The molecule has 0 aliphatic heterocycles. The Morgan fingerprint density at radius 3 is 2.60 bits per heavy atom. The summed E-state index contributed by atoms with van der Waals surface area (Å²) in [5.41, 5.74) is 1.56. The van der Waals surface area contributed by atoms with E-state index in [4.69, 9.17) is 4.52 Å². The van der Waals surface area contributed by atoms with Gasteiger partial charge in [-0.1, -0.05) is 17.3 Å². The minimum Gasteiger partial charge on any atom is -0.361 e. The van der Waals surface area contributed by atoms with Gasteiger partial charge in [-0.05, 0) is 38.5 Å². The van der Waals surface area contributed by atoms with Gasteiger partial charge in [-0.2, -0.15) is 0 Å². The third kappa shape index (κ3) is 4.45. The van der Waals surface area contributed by atoms with E-state index >= 15 is 0 Å². The van der Waals surface area contributed by atoms with Crippen LogP contribution in [0.5, 0.6) is 0 Å². The van der Waals surface area contributed by atoms with Crippen LogP contribution in [-0.4, -0.2) is 36.7 Å². The highest BCUT2D eigenvalue weighted by Crippen LogP contribution is 2.19. The predicted octanol–water partition coefficient (Wildman–Crippen LogP) is 2.39. The van der Waals surface area contributed by atoms with Gasteiger partial charge in [0.05, 0.1) is 11.4 Å². The quantitative estimate of drug-likeness (QED) is 0.782. The molecule has 0 saturated carbocycles. The maximum atomic E-state index is 13.2. The van der Waals surface area contributed by atoms with Crippen molar-refractivity contribution >= 4 is 15.7 Å². The molecule has 0 aliphatic rings. The number of aryl methyl sites for hydroxylation is 2. The molecule has 1 heterocycles. The Bertz CT molecular complexity index is 857. The van der Waals surface area contributed by atoms with Crippen LogP contribution < -0.4 is 0 Å². The second-order valence-electron chi connectivity index (χ2n) is 6.08. The minimum absolute atomic E-state index is 0.127. The Morgan fingerprint density at radius 1 is 1.36 bits per heavy atom. The largest absolute Gasteiger partial charge is 0.361 e. The van der Waals surface area contributed by atoms with Crippen molar-refractivity contribution in [1.29, 1.82) is 0 Å². The summed E-state index contributed by atoms with van der Waals surface area (Å²) >= 11 is 0. The summed E-state index contributed by atoms with van der Waals surface area (Å²) in [5, 5.41) is 2.51. The van der Waals surface area contributed by atoms with Crippen LogP contribution in [0.1, 0.15) is 29.5 Å². The van der Waals surface area contributed by atoms with Gasteiger partial charge in [-0.15, -0.1) is 0 Å². The zero-order valence-corrected chi connectivity index (χ0v) is 15.4. The normalized spacial score (nSPS) is 12.8. The van der Waals surface area contributed by atoms with Crippen LogP contribution in [0.3, 0.4) is 0 Å². The summed E-state index contributed by atoms with van der Waals surface area (Å²) in [6.07, 6.45) is 0. The van der Waals surface area contributed by atoms with Crippen molar-refractivity contribution in [3.05, 3.63) is 52.7 Å². The van der Waals surface area contributed by atoms with E-state index in [0.29, 0.717) is 22.6 Å².